The second-order valence-electron chi connectivity index (χ2n) is 5.37. The highest BCUT2D eigenvalue weighted by Crippen LogP contribution is 2.57. The van der Waals surface area contributed by atoms with Crippen LogP contribution in [0.4, 0.5) is 13.2 Å². The van der Waals surface area contributed by atoms with Gasteiger partial charge < -0.3 is 19.5 Å². The molecule has 1 aliphatic rings. The number of rotatable bonds is 5. The van der Waals surface area contributed by atoms with E-state index in [4.69, 9.17) is 27.2 Å². The lowest BCUT2D eigenvalue weighted by atomic mass is 10.0. The van der Waals surface area contributed by atoms with E-state index < -0.39 is 66.6 Å². The van der Waals surface area contributed by atoms with Gasteiger partial charge in [0, 0.05) is 6.20 Å². The number of alkyl halides is 3. The Hall–Kier alpha value is -0.880. The Morgan fingerprint density at radius 3 is 2.46 bits per heavy atom. The fourth-order valence-corrected chi connectivity index (χ4v) is 3.00. The molecule has 148 valence electrons. The van der Waals surface area contributed by atoms with Crippen molar-refractivity contribution in [2.45, 2.75) is 37.1 Å². The molecule has 3 N–H and O–H groups in total. The van der Waals surface area contributed by atoms with Gasteiger partial charge in [-0.05, 0) is 22.5 Å². The molecule has 4 atom stereocenters. The maximum absolute atomic E-state index is 12.5. The molecular formula is C11H12Cl2F3N2O7P. The predicted molar refractivity (Wildman–Crippen MR) is 82.3 cm³/mol. The molecule has 0 radical (unpaired) electrons. The molecular weight excluding hydrogens is 431 g/mol. The standard InChI is InChI=1S/C11H12Cl2F3N2O7P/c12-26(13,23)24-2-5-6(19)7(20)8(25-5)4-1-18(3-11(14,15)16)10(22)17-9(4)21/h1,5-8,19-20H,2-3H2,(H,17,21,22)/t5-,6?,7+,8+/m1/s1. The third kappa shape index (κ3) is 5.32. The highest BCUT2D eigenvalue weighted by Gasteiger charge is 2.45. The van der Waals surface area contributed by atoms with Crippen molar-refractivity contribution in [1.29, 1.82) is 0 Å². The smallest absolute Gasteiger partial charge is 0.387 e. The van der Waals surface area contributed by atoms with Crippen LogP contribution in [0.25, 0.3) is 0 Å². The van der Waals surface area contributed by atoms with Crippen molar-refractivity contribution in [3.8, 4) is 0 Å². The Balaban J connectivity index is 2.30. The van der Waals surface area contributed by atoms with Gasteiger partial charge >= 0.3 is 17.9 Å². The van der Waals surface area contributed by atoms with Crippen molar-refractivity contribution >= 4 is 28.6 Å². The molecule has 1 unspecified atom stereocenters. The zero-order valence-corrected chi connectivity index (χ0v) is 14.9. The van der Waals surface area contributed by atoms with E-state index in [0.717, 1.165) is 0 Å². The Morgan fingerprint density at radius 2 is 1.92 bits per heavy atom. The van der Waals surface area contributed by atoms with E-state index in [1.54, 1.807) is 4.98 Å². The first-order valence-electron chi connectivity index (χ1n) is 6.84. The van der Waals surface area contributed by atoms with Crippen LogP contribution in [0.1, 0.15) is 11.7 Å². The summed E-state index contributed by atoms with van der Waals surface area (Å²) in [4.78, 5) is 25.0. The monoisotopic (exact) mass is 442 g/mol. The predicted octanol–water partition coefficient (Wildman–Crippen LogP) is 0.863. The number of aromatic amines is 1. The van der Waals surface area contributed by atoms with Crippen LogP contribution in [-0.4, -0.2) is 50.9 Å². The normalized spacial score (nSPS) is 27.0. The summed E-state index contributed by atoms with van der Waals surface area (Å²) < 4.78 is 58.5. The van der Waals surface area contributed by atoms with Crippen LogP contribution < -0.4 is 11.2 Å². The van der Waals surface area contributed by atoms with Gasteiger partial charge in [0.05, 0.1) is 12.2 Å². The lowest BCUT2D eigenvalue weighted by molar-refractivity contribution is -0.141. The minimum Gasteiger partial charge on any atom is -0.387 e. The second kappa shape index (κ2) is 7.63. The molecule has 0 bridgehead atoms. The summed E-state index contributed by atoms with van der Waals surface area (Å²) in [7, 11) is 0. The minimum atomic E-state index is -4.74. The molecule has 1 aromatic heterocycles. The number of aromatic nitrogens is 2. The summed E-state index contributed by atoms with van der Waals surface area (Å²) >= 11 is 10.3. The molecule has 0 amide bonds. The maximum Gasteiger partial charge on any atom is 0.406 e. The Labute approximate surface area is 152 Å². The van der Waals surface area contributed by atoms with E-state index in [0.29, 0.717) is 6.20 Å². The third-order valence-electron chi connectivity index (χ3n) is 3.45. The fourth-order valence-electron chi connectivity index (χ4n) is 2.34. The summed E-state index contributed by atoms with van der Waals surface area (Å²) in [5.41, 5.74) is -2.94. The van der Waals surface area contributed by atoms with Crippen molar-refractivity contribution in [1.82, 2.24) is 9.55 Å². The Bertz CT molecular complexity index is 823. The largest absolute Gasteiger partial charge is 0.406 e. The maximum atomic E-state index is 12.5. The van der Waals surface area contributed by atoms with Crippen LogP contribution in [0.2, 0.25) is 0 Å². The van der Waals surface area contributed by atoms with E-state index in [1.165, 1.54) is 0 Å². The second-order valence-corrected chi connectivity index (χ2v) is 9.65. The molecule has 2 heterocycles. The molecule has 1 saturated heterocycles. The minimum absolute atomic E-state index is 0.175. The molecule has 1 fully saturated rings. The van der Waals surface area contributed by atoms with Crippen LogP contribution in [-0.2, 0) is 20.4 Å². The van der Waals surface area contributed by atoms with Crippen LogP contribution >= 0.6 is 28.6 Å². The average Bonchev–Trinajstić information content (AvgIpc) is 2.74. The topological polar surface area (TPSA) is 131 Å². The van der Waals surface area contributed by atoms with Gasteiger partial charge in [0.25, 0.3) is 5.56 Å². The Kier molecular flexibility index (Phi) is 6.28. The van der Waals surface area contributed by atoms with Gasteiger partial charge in [-0.25, -0.2) is 4.79 Å². The van der Waals surface area contributed by atoms with E-state index >= 15 is 0 Å². The van der Waals surface area contributed by atoms with Gasteiger partial charge in [-0.15, -0.1) is 0 Å². The van der Waals surface area contributed by atoms with Crippen molar-refractivity contribution < 1.29 is 37.2 Å². The zero-order chi connectivity index (χ0) is 19.9. The number of aliphatic hydroxyl groups excluding tert-OH is 2. The van der Waals surface area contributed by atoms with Crippen molar-refractivity contribution in [2.24, 2.45) is 0 Å². The lowest BCUT2D eigenvalue weighted by Crippen LogP contribution is -2.38. The molecule has 1 aromatic rings. The molecule has 15 heteroatoms. The van der Waals surface area contributed by atoms with E-state index in [-0.39, 0.29) is 4.57 Å². The van der Waals surface area contributed by atoms with Gasteiger partial charge in [-0.1, -0.05) is 0 Å². The zero-order valence-electron chi connectivity index (χ0n) is 12.5. The number of nitrogens with zero attached hydrogens (tertiary/aromatic N) is 1. The van der Waals surface area contributed by atoms with Crippen LogP contribution in [0.15, 0.2) is 15.8 Å². The summed E-state index contributed by atoms with van der Waals surface area (Å²) in [5, 5.41) is 19.9. The van der Waals surface area contributed by atoms with Crippen LogP contribution in [0.5, 0.6) is 0 Å². The molecule has 0 aromatic carbocycles. The van der Waals surface area contributed by atoms with Crippen molar-refractivity contribution in [2.75, 3.05) is 6.61 Å². The van der Waals surface area contributed by atoms with Gasteiger partial charge in [-0.3, -0.25) is 18.9 Å². The van der Waals surface area contributed by atoms with E-state index in [1.807, 2.05) is 0 Å². The number of aliphatic hydroxyl groups is 2. The number of halogens is 5. The first kappa shape index (κ1) is 21.4. The molecule has 2 rings (SSSR count). The highest BCUT2D eigenvalue weighted by atomic mass is 35.9. The molecule has 0 saturated carbocycles. The van der Waals surface area contributed by atoms with Gasteiger partial charge in [-0.2, -0.15) is 13.2 Å². The van der Waals surface area contributed by atoms with Crippen LogP contribution in [0.3, 0.4) is 0 Å². The summed E-state index contributed by atoms with van der Waals surface area (Å²) in [6.45, 7) is -2.31. The first-order valence-corrected chi connectivity index (χ1v) is 10.3. The SMILES string of the molecule is O=c1[nH]c(=O)n(CC(F)(F)F)cc1[C@@H]1O[C@H](COP(=O)(Cl)Cl)C(O)[C@@H]1O. The molecule has 1 aliphatic heterocycles. The number of hydrogen-bond donors (Lipinski definition) is 3. The summed E-state index contributed by atoms with van der Waals surface area (Å²) in [6, 6.07) is 0. The third-order valence-corrected chi connectivity index (χ3v) is 4.48. The molecule has 9 nitrogen and oxygen atoms in total. The number of nitrogens with one attached hydrogen (secondary N) is 1. The van der Waals surface area contributed by atoms with Crippen molar-refractivity contribution in [3.05, 3.63) is 32.6 Å². The number of hydrogen-bond acceptors (Lipinski definition) is 7. The molecule has 0 aliphatic carbocycles. The summed E-state index contributed by atoms with van der Waals surface area (Å²) in [5.74, 6) is 0. The molecule has 26 heavy (non-hydrogen) atoms. The van der Waals surface area contributed by atoms with Crippen molar-refractivity contribution in [3.63, 3.8) is 0 Å². The number of ether oxygens (including phenoxy) is 1. The highest BCUT2D eigenvalue weighted by molar-refractivity contribution is 8.05. The van der Waals surface area contributed by atoms with Gasteiger partial charge in [0.1, 0.15) is 31.0 Å². The van der Waals surface area contributed by atoms with Gasteiger partial charge in [0.15, 0.2) is 0 Å². The average molecular weight is 443 g/mol. The molecule has 0 spiro atoms. The fraction of sp³-hybridized carbons (Fsp3) is 0.636. The number of H-pyrrole nitrogens is 1. The Morgan fingerprint density at radius 1 is 1.31 bits per heavy atom. The lowest BCUT2D eigenvalue weighted by Gasteiger charge is -2.16. The van der Waals surface area contributed by atoms with E-state index in [9.17, 15) is 37.5 Å². The summed E-state index contributed by atoms with van der Waals surface area (Å²) in [6.07, 6.45) is -14.4. The van der Waals surface area contributed by atoms with Gasteiger partial charge in [0.2, 0.25) is 0 Å². The van der Waals surface area contributed by atoms with Crippen LogP contribution in [0, 0.1) is 0 Å². The van der Waals surface area contributed by atoms with E-state index in [2.05, 4.69) is 4.52 Å². The first-order chi connectivity index (χ1) is 11.8. The quantitative estimate of drug-likeness (QED) is 0.576.